The summed E-state index contributed by atoms with van der Waals surface area (Å²) in [6.07, 6.45) is 8.72. The van der Waals surface area contributed by atoms with Crippen molar-refractivity contribution in [3.05, 3.63) is 53.9 Å². The Hall–Kier alpha value is -1.96. The lowest BCUT2D eigenvalue weighted by atomic mass is 10.00. The quantitative estimate of drug-likeness (QED) is 0.538. The molecule has 0 fully saturated rings. The van der Waals surface area contributed by atoms with Gasteiger partial charge in [-0.15, -0.1) is 0 Å². The van der Waals surface area contributed by atoms with E-state index in [1.165, 1.54) is 31.2 Å². The van der Waals surface area contributed by atoms with Gasteiger partial charge in [0, 0.05) is 6.20 Å². The molecule has 1 aromatic heterocycles. The van der Waals surface area contributed by atoms with Gasteiger partial charge in [0.1, 0.15) is 5.69 Å². The van der Waals surface area contributed by atoms with Crippen LogP contribution in [0.25, 0.3) is 11.1 Å². The zero-order valence-electron chi connectivity index (χ0n) is 12.0. The highest BCUT2D eigenvalue weighted by molar-refractivity contribution is 5.76. The topological polar surface area (TPSA) is 30.0 Å². The fraction of sp³-hybridized carbons (Fsp3) is 0.333. The first kappa shape index (κ1) is 14.4. The molecule has 0 atom stereocenters. The van der Waals surface area contributed by atoms with Crippen LogP contribution in [0.4, 0.5) is 0 Å². The predicted molar refractivity (Wildman–Crippen MR) is 82.9 cm³/mol. The van der Waals surface area contributed by atoms with E-state index in [2.05, 4.69) is 36.2 Å². The molecule has 0 saturated heterocycles. The van der Waals surface area contributed by atoms with Crippen molar-refractivity contribution < 1.29 is 4.79 Å². The SMILES string of the molecule is CCCCCCc1cccc(-c2ccnc(C=O)c2)c1. The number of carbonyl (C=O) groups excluding carboxylic acids is 1. The lowest BCUT2D eigenvalue weighted by molar-refractivity contribution is 0.111. The smallest absolute Gasteiger partial charge is 0.168 e. The maximum atomic E-state index is 10.8. The number of aryl methyl sites for hydroxylation is 1. The van der Waals surface area contributed by atoms with E-state index in [1.807, 2.05) is 12.1 Å². The Labute approximate surface area is 120 Å². The molecule has 0 amide bonds. The van der Waals surface area contributed by atoms with Gasteiger partial charge in [-0.1, -0.05) is 50.5 Å². The minimum atomic E-state index is 0.482. The Morgan fingerprint density at radius 2 is 1.90 bits per heavy atom. The number of pyridine rings is 1. The summed E-state index contributed by atoms with van der Waals surface area (Å²) in [5, 5.41) is 0. The number of hydrogen-bond donors (Lipinski definition) is 0. The van der Waals surface area contributed by atoms with E-state index in [-0.39, 0.29) is 0 Å². The minimum absolute atomic E-state index is 0.482. The zero-order chi connectivity index (χ0) is 14.2. The molecule has 104 valence electrons. The monoisotopic (exact) mass is 267 g/mol. The Morgan fingerprint density at radius 3 is 2.70 bits per heavy atom. The molecule has 0 bridgehead atoms. The van der Waals surface area contributed by atoms with Crippen molar-refractivity contribution in [3.8, 4) is 11.1 Å². The molecule has 0 spiro atoms. The van der Waals surface area contributed by atoms with Gasteiger partial charge in [0.2, 0.25) is 0 Å². The van der Waals surface area contributed by atoms with Gasteiger partial charge in [-0.2, -0.15) is 0 Å². The number of nitrogens with zero attached hydrogens (tertiary/aromatic N) is 1. The highest BCUT2D eigenvalue weighted by Crippen LogP contribution is 2.21. The van der Waals surface area contributed by atoms with Crippen LogP contribution in [0.2, 0.25) is 0 Å². The van der Waals surface area contributed by atoms with Crippen LogP contribution in [0.5, 0.6) is 0 Å². The Morgan fingerprint density at radius 1 is 1.05 bits per heavy atom. The lowest BCUT2D eigenvalue weighted by Crippen LogP contribution is -1.89. The average molecular weight is 267 g/mol. The predicted octanol–water partition coefficient (Wildman–Crippen LogP) is 4.68. The highest BCUT2D eigenvalue weighted by Gasteiger charge is 2.01. The molecule has 0 N–H and O–H groups in total. The first-order valence-electron chi connectivity index (χ1n) is 7.34. The number of aldehydes is 1. The molecule has 0 saturated carbocycles. The third-order valence-electron chi connectivity index (χ3n) is 3.48. The molecule has 2 aromatic rings. The van der Waals surface area contributed by atoms with E-state index in [1.54, 1.807) is 6.20 Å². The molecule has 0 aliphatic rings. The summed E-state index contributed by atoms with van der Waals surface area (Å²) in [4.78, 5) is 14.8. The van der Waals surface area contributed by atoms with Crippen molar-refractivity contribution in [2.24, 2.45) is 0 Å². The van der Waals surface area contributed by atoms with Crippen LogP contribution in [0.15, 0.2) is 42.6 Å². The first-order valence-corrected chi connectivity index (χ1v) is 7.34. The van der Waals surface area contributed by atoms with Crippen molar-refractivity contribution in [1.29, 1.82) is 0 Å². The van der Waals surface area contributed by atoms with Crippen molar-refractivity contribution >= 4 is 6.29 Å². The minimum Gasteiger partial charge on any atom is -0.296 e. The summed E-state index contributed by atoms with van der Waals surface area (Å²) in [6.45, 7) is 2.23. The first-order chi connectivity index (χ1) is 9.83. The molecule has 0 radical (unpaired) electrons. The van der Waals surface area contributed by atoms with Crippen molar-refractivity contribution in [2.45, 2.75) is 39.0 Å². The van der Waals surface area contributed by atoms with Gasteiger partial charge in [0.05, 0.1) is 0 Å². The number of carbonyl (C=O) groups is 1. The normalized spacial score (nSPS) is 10.4. The maximum Gasteiger partial charge on any atom is 0.168 e. The fourth-order valence-corrected chi connectivity index (χ4v) is 2.35. The third-order valence-corrected chi connectivity index (χ3v) is 3.48. The number of hydrogen-bond acceptors (Lipinski definition) is 2. The van der Waals surface area contributed by atoms with Crippen LogP contribution >= 0.6 is 0 Å². The number of benzene rings is 1. The zero-order valence-corrected chi connectivity index (χ0v) is 12.0. The molecule has 1 heterocycles. The van der Waals surface area contributed by atoms with Crippen LogP contribution in [0.1, 0.15) is 48.7 Å². The largest absolute Gasteiger partial charge is 0.296 e. The average Bonchev–Trinajstić information content (AvgIpc) is 2.52. The van der Waals surface area contributed by atoms with E-state index in [0.29, 0.717) is 5.69 Å². The van der Waals surface area contributed by atoms with E-state index in [0.717, 1.165) is 23.8 Å². The summed E-state index contributed by atoms with van der Waals surface area (Å²) < 4.78 is 0. The standard InChI is InChI=1S/C18H21NO/c1-2-3-4-5-7-15-8-6-9-16(12-15)17-10-11-19-18(13-17)14-20/h6,8-14H,2-5,7H2,1H3. The van der Waals surface area contributed by atoms with Crippen LogP contribution in [0, 0.1) is 0 Å². The van der Waals surface area contributed by atoms with Gasteiger partial charge < -0.3 is 0 Å². The second kappa shape index (κ2) is 7.59. The van der Waals surface area contributed by atoms with Gasteiger partial charge >= 0.3 is 0 Å². The van der Waals surface area contributed by atoms with Crippen LogP contribution < -0.4 is 0 Å². The van der Waals surface area contributed by atoms with E-state index < -0.39 is 0 Å². The van der Waals surface area contributed by atoms with Crippen molar-refractivity contribution in [1.82, 2.24) is 4.98 Å². The summed E-state index contributed by atoms with van der Waals surface area (Å²) in [7, 11) is 0. The molecule has 0 aliphatic heterocycles. The van der Waals surface area contributed by atoms with Gasteiger partial charge in [-0.05, 0) is 41.7 Å². The van der Waals surface area contributed by atoms with Crippen molar-refractivity contribution in [2.75, 3.05) is 0 Å². The van der Waals surface area contributed by atoms with Crippen molar-refractivity contribution in [3.63, 3.8) is 0 Å². The van der Waals surface area contributed by atoms with Gasteiger partial charge in [0.15, 0.2) is 6.29 Å². The van der Waals surface area contributed by atoms with Gasteiger partial charge in [-0.3, -0.25) is 9.78 Å². The van der Waals surface area contributed by atoms with Gasteiger partial charge in [0.25, 0.3) is 0 Å². The second-order valence-corrected chi connectivity index (χ2v) is 5.10. The fourth-order valence-electron chi connectivity index (χ4n) is 2.35. The van der Waals surface area contributed by atoms with E-state index >= 15 is 0 Å². The molecule has 0 unspecified atom stereocenters. The lowest BCUT2D eigenvalue weighted by Gasteiger charge is -2.06. The Balaban J connectivity index is 2.10. The highest BCUT2D eigenvalue weighted by atomic mass is 16.1. The molecule has 0 aliphatic carbocycles. The molecule has 2 heteroatoms. The second-order valence-electron chi connectivity index (χ2n) is 5.10. The molecule has 20 heavy (non-hydrogen) atoms. The number of aromatic nitrogens is 1. The van der Waals surface area contributed by atoms with Crippen LogP contribution in [0.3, 0.4) is 0 Å². The summed E-state index contributed by atoms with van der Waals surface area (Å²) in [6, 6.07) is 12.4. The molecule has 2 nitrogen and oxygen atoms in total. The van der Waals surface area contributed by atoms with Crippen LogP contribution in [-0.4, -0.2) is 11.3 Å². The summed E-state index contributed by atoms with van der Waals surface area (Å²) in [5.41, 5.74) is 4.06. The van der Waals surface area contributed by atoms with Gasteiger partial charge in [-0.25, -0.2) is 0 Å². The van der Waals surface area contributed by atoms with Crippen LogP contribution in [-0.2, 0) is 6.42 Å². The molecule has 1 aromatic carbocycles. The number of unbranched alkanes of at least 4 members (excludes halogenated alkanes) is 3. The number of rotatable bonds is 7. The molecule has 2 rings (SSSR count). The Kier molecular flexibility index (Phi) is 5.48. The molecular formula is C18H21NO. The van der Waals surface area contributed by atoms with E-state index in [9.17, 15) is 4.79 Å². The Bertz CT molecular complexity index is 563. The third kappa shape index (κ3) is 4.02. The summed E-state index contributed by atoms with van der Waals surface area (Å²) >= 11 is 0. The maximum absolute atomic E-state index is 10.8. The summed E-state index contributed by atoms with van der Waals surface area (Å²) in [5.74, 6) is 0. The molecular weight excluding hydrogens is 246 g/mol. The van der Waals surface area contributed by atoms with E-state index in [4.69, 9.17) is 0 Å².